The fourth-order valence-electron chi connectivity index (χ4n) is 1.71. The molecule has 0 amide bonds. The topological polar surface area (TPSA) is 112 Å². The van der Waals surface area contributed by atoms with Gasteiger partial charge in [0.1, 0.15) is 19.8 Å². The van der Waals surface area contributed by atoms with Crippen molar-refractivity contribution in [3.05, 3.63) is 0 Å². The lowest BCUT2D eigenvalue weighted by Crippen LogP contribution is -2.37. The van der Waals surface area contributed by atoms with Crippen LogP contribution in [0, 0.1) is 0 Å². The van der Waals surface area contributed by atoms with E-state index in [0.29, 0.717) is 11.0 Å². The van der Waals surface area contributed by atoms with Crippen molar-refractivity contribution in [2.45, 2.75) is 45.1 Å². The Balaban J connectivity index is 4.02. The summed E-state index contributed by atoms with van der Waals surface area (Å²) in [6.07, 6.45) is 3.04. The number of rotatable bonds is 15. The summed E-state index contributed by atoms with van der Waals surface area (Å²) in [5, 5.41) is 8.78. The lowest BCUT2D eigenvalue weighted by Gasteiger charge is -2.24. The third-order valence-electron chi connectivity index (χ3n) is 3.25. The molecule has 10 heteroatoms. The maximum Gasteiger partial charge on any atom is 0.472 e. The van der Waals surface area contributed by atoms with Crippen LogP contribution in [0.1, 0.15) is 39.0 Å². The van der Waals surface area contributed by atoms with Crippen LogP contribution in [0.15, 0.2) is 0 Å². The van der Waals surface area contributed by atoms with Gasteiger partial charge in [0.05, 0.1) is 27.7 Å². The number of phosphoric ester groups is 1. The number of likely N-dealkylation sites (N-methyl/N-ethyl adjacent to an activating group) is 1. The number of hydrogen-bond donors (Lipinski definition) is 2. The van der Waals surface area contributed by atoms with Gasteiger partial charge in [-0.3, -0.25) is 19.1 Å². The molecule has 0 aromatic rings. The van der Waals surface area contributed by atoms with Crippen molar-refractivity contribution >= 4 is 13.8 Å². The molecule has 0 saturated carbocycles. The standard InChI is InChI=1S/C15H32NO8P/c1-5-6-7-8-9-15(17)21-12-14(24-18)13-23-25(19,20)22-11-10-16(2,3)4/h14H,5-13H2,1-4H3,(H-,18,19,20)/p+1/t14-/m1/s1. The van der Waals surface area contributed by atoms with Crippen LogP contribution < -0.4 is 0 Å². The number of carbonyl (C=O) groups is 1. The molecule has 25 heavy (non-hydrogen) atoms. The summed E-state index contributed by atoms with van der Waals surface area (Å²) in [5.41, 5.74) is 0. The van der Waals surface area contributed by atoms with Crippen LogP contribution in [0.2, 0.25) is 0 Å². The van der Waals surface area contributed by atoms with Crippen LogP contribution in [0.5, 0.6) is 0 Å². The fourth-order valence-corrected chi connectivity index (χ4v) is 2.45. The fraction of sp³-hybridized carbons (Fsp3) is 0.933. The third-order valence-corrected chi connectivity index (χ3v) is 4.24. The molecule has 0 aliphatic heterocycles. The second kappa shape index (κ2) is 12.8. The Morgan fingerprint density at radius 2 is 1.80 bits per heavy atom. The van der Waals surface area contributed by atoms with Crippen molar-refractivity contribution in [1.82, 2.24) is 0 Å². The molecule has 0 aromatic heterocycles. The summed E-state index contributed by atoms with van der Waals surface area (Å²) < 4.78 is 26.8. The van der Waals surface area contributed by atoms with E-state index in [9.17, 15) is 14.3 Å². The van der Waals surface area contributed by atoms with Crippen LogP contribution in [-0.4, -0.2) is 74.2 Å². The molecule has 2 N–H and O–H groups in total. The van der Waals surface area contributed by atoms with Crippen LogP contribution in [0.25, 0.3) is 0 Å². The summed E-state index contributed by atoms with van der Waals surface area (Å²) >= 11 is 0. The number of hydrogen-bond acceptors (Lipinski definition) is 7. The van der Waals surface area contributed by atoms with Crippen molar-refractivity contribution in [1.29, 1.82) is 0 Å². The van der Waals surface area contributed by atoms with Gasteiger partial charge in [-0.1, -0.05) is 26.2 Å². The molecular formula is C15H33NO8P+. The molecule has 0 saturated heterocycles. The highest BCUT2D eigenvalue weighted by molar-refractivity contribution is 7.47. The average Bonchev–Trinajstić information content (AvgIpc) is 2.50. The predicted octanol–water partition coefficient (Wildman–Crippen LogP) is 2.20. The molecule has 9 nitrogen and oxygen atoms in total. The van der Waals surface area contributed by atoms with Crippen molar-refractivity contribution in [3.8, 4) is 0 Å². The molecule has 0 bridgehead atoms. The molecular weight excluding hydrogens is 353 g/mol. The minimum Gasteiger partial charge on any atom is -0.463 e. The highest BCUT2D eigenvalue weighted by Gasteiger charge is 2.25. The molecule has 0 aliphatic carbocycles. The summed E-state index contributed by atoms with van der Waals surface area (Å²) in [5.74, 6) is -0.412. The van der Waals surface area contributed by atoms with Crippen LogP contribution in [0.4, 0.5) is 0 Å². The molecule has 2 atom stereocenters. The molecule has 0 radical (unpaired) electrons. The van der Waals surface area contributed by atoms with Gasteiger partial charge in [0.2, 0.25) is 0 Å². The van der Waals surface area contributed by atoms with Gasteiger partial charge in [-0.15, -0.1) is 0 Å². The number of unbranched alkanes of at least 4 members (excludes halogenated alkanes) is 3. The largest absolute Gasteiger partial charge is 0.472 e. The van der Waals surface area contributed by atoms with Crippen LogP contribution in [0.3, 0.4) is 0 Å². The molecule has 0 fully saturated rings. The van der Waals surface area contributed by atoms with Crippen molar-refractivity contribution < 1.29 is 42.7 Å². The van der Waals surface area contributed by atoms with Crippen molar-refractivity contribution in [2.24, 2.45) is 0 Å². The average molecular weight is 386 g/mol. The molecule has 1 unspecified atom stereocenters. The maximum atomic E-state index is 11.7. The minimum absolute atomic E-state index is 0.0364. The maximum absolute atomic E-state index is 11.7. The van der Waals surface area contributed by atoms with Crippen molar-refractivity contribution in [3.63, 3.8) is 0 Å². The van der Waals surface area contributed by atoms with Crippen LogP contribution >= 0.6 is 7.82 Å². The summed E-state index contributed by atoms with van der Waals surface area (Å²) in [7, 11) is 1.49. The van der Waals surface area contributed by atoms with Gasteiger partial charge >= 0.3 is 13.8 Å². The van der Waals surface area contributed by atoms with E-state index in [-0.39, 0.29) is 19.6 Å². The minimum atomic E-state index is -4.26. The zero-order valence-electron chi connectivity index (χ0n) is 15.7. The lowest BCUT2D eigenvalue weighted by atomic mass is 10.2. The first-order valence-electron chi connectivity index (χ1n) is 8.48. The highest BCUT2D eigenvalue weighted by Crippen LogP contribution is 2.43. The number of ether oxygens (including phenoxy) is 1. The van der Waals surface area contributed by atoms with Crippen molar-refractivity contribution in [2.75, 3.05) is 47.5 Å². The quantitative estimate of drug-likeness (QED) is 0.110. The van der Waals surface area contributed by atoms with Crippen LogP contribution in [-0.2, 0) is 28.0 Å². The molecule has 0 aliphatic rings. The van der Waals surface area contributed by atoms with Gasteiger partial charge in [-0.05, 0) is 6.42 Å². The summed E-state index contributed by atoms with van der Waals surface area (Å²) in [4.78, 5) is 25.2. The van der Waals surface area contributed by atoms with E-state index in [1.807, 2.05) is 21.1 Å². The summed E-state index contributed by atoms with van der Waals surface area (Å²) in [6.45, 7) is 1.91. The van der Waals surface area contributed by atoms with E-state index >= 15 is 0 Å². The highest BCUT2D eigenvalue weighted by atomic mass is 31.2. The first-order valence-corrected chi connectivity index (χ1v) is 9.97. The smallest absolute Gasteiger partial charge is 0.463 e. The normalized spacial score (nSPS) is 15.6. The molecule has 0 aromatic carbocycles. The Morgan fingerprint density at radius 3 is 2.36 bits per heavy atom. The predicted molar refractivity (Wildman–Crippen MR) is 91.8 cm³/mol. The Kier molecular flexibility index (Phi) is 12.5. The van der Waals surface area contributed by atoms with Gasteiger partial charge < -0.3 is 14.1 Å². The van der Waals surface area contributed by atoms with E-state index in [0.717, 1.165) is 25.7 Å². The molecule has 0 heterocycles. The van der Waals surface area contributed by atoms with Gasteiger partial charge in [0, 0.05) is 6.42 Å². The Hall–Kier alpha value is -0.540. The first-order chi connectivity index (χ1) is 11.6. The summed E-state index contributed by atoms with van der Waals surface area (Å²) in [6, 6.07) is 0. The van der Waals surface area contributed by atoms with Gasteiger partial charge in [-0.25, -0.2) is 9.45 Å². The zero-order chi connectivity index (χ0) is 19.3. The Bertz CT molecular complexity index is 413. The van der Waals surface area contributed by atoms with E-state index in [1.165, 1.54) is 0 Å². The monoisotopic (exact) mass is 386 g/mol. The Labute approximate surface area is 150 Å². The second-order valence-corrected chi connectivity index (χ2v) is 8.29. The Morgan fingerprint density at radius 1 is 1.12 bits per heavy atom. The number of esters is 1. The van der Waals surface area contributed by atoms with E-state index < -0.39 is 26.5 Å². The number of nitrogens with zero attached hydrogens (tertiary/aromatic N) is 1. The van der Waals surface area contributed by atoms with E-state index in [4.69, 9.17) is 19.0 Å². The molecule has 0 spiro atoms. The second-order valence-electron chi connectivity index (χ2n) is 6.83. The molecule has 150 valence electrons. The van der Waals surface area contributed by atoms with Gasteiger partial charge in [-0.2, -0.15) is 0 Å². The number of quaternary nitrogens is 1. The lowest BCUT2D eigenvalue weighted by molar-refractivity contribution is -0.870. The SMILES string of the molecule is CCCCCCC(=O)OC[C@H](COP(=O)(O)OCC[N+](C)(C)C)OO. The van der Waals surface area contributed by atoms with E-state index in [2.05, 4.69) is 11.8 Å². The first kappa shape index (κ1) is 24.5. The van der Waals surface area contributed by atoms with E-state index in [1.54, 1.807) is 0 Å². The zero-order valence-corrected chi connectivity index (χ0v) is 16.6. The van der Waals surface area contributed by atoms with Gasteiger partial charge in [0.15, 0.2) is 6.10 Å². The number of carbonyl (C=O) groups excluding carboxylic acids is 1. The van der Waals surface area contributed by atoms with Gasteiger partial charge in [0.25, 0.3) is 0 Å². The molecule has 0 rings (SSSR count). The number of phosphoric acid groups is 1. The third kappa shape index (κ3) is 15.4.